The molecule has 2 aromatic rings. The zero-order chi connectivity index (χ0) is 15.2. The van der Waals surface area contributed by atoms with E-state index in [1.807, 2.05) is 19.9 Å². The Balaban J connectivity index is 2.15. The van der Waals surface area contributed by atoms with Gasteiger partial charge in [-0.25, -0.2) is 0 Å². The molecule has 2 heterocycles. The predicted molar refractivity (Wildman–Crippen MR) is 82.1 cm³/mol. The van der Waals surface area contributed by atoms with E-state index in [1.54, 1.807) is 42.6 Å². The lowest BCUT2D eigenvalue weighted by Crippen LogP contribution is -2.39. The number of carbonyl (C=O) groups is 1. The standard InChI is InChI=1S/C16H15ClN2O2/c1-16(2)14-6-10(17)4-5-13(14)15(20)19(16)11-7-12(21-3)9-18-8-11/h4-9H,1-3H3. The maximum absolute atomic E-state index is 12.7. The van der Waals surface area contributed by atoms with Crippen LogP contribution in [0.25, 0.3) is 0 Å². The first-order chi connectivity index (χ1) is 9.95. The number of fused-ring (bicyclic) bond motifs is 1. The summed E-state index contributed by atoms with van der Waals surface area (Å²) in [5.74, 6) is 0.562. The number of benzene rings is 1. The second kappa shape index (κ2) is 4.74. The monoisotopic (exact) mass is 302 g/mol. The molecule has 0 saturated carbocycles. The number of hydrogen-bond acceptors (Lipinski definition) is 3. The molecule has 0 saturated heterocycles. The smallest absolute Gasteiger partial charge is 0.259 e. The Bertz CT molecular complexity index is 728. The van der Waals surface area contributed by atoms with E-state index in [9.17, 15) is 4.79 Å². The molecule has 21 heavy (non-hydrogen) atoms. The van der Waals surface area contributed by atoms with E-state index in [2.05, 4.69) is 4.98 Å². The first-order valence-electron chi connectivity index (χ1n) is 6.59. The van der Waals surface area contributed by atoms with Crippen LogP contribution in [0, 0.1) is 0 Å². The lowest BCUT2D eigenvalue weighted by Gasteiger charge is -2.32. The second-order valence-corrected chi connectivity index (χ2v) is 5.91. The van der Waals surface area contributed by atoms with Gasteiger partial charge in [0.1, 0.15) is 5.75 Å². The van der Waals surface area contributed by atoms with Gasteiger partial charge in [0.15, 0.2) is 0 Å². The quantitative estimate of drug-likeness (QED) is 0.850. The number of nitrogens with zero attached hydrogens (tertiary/aromatic N) is 2. The minimum absolute atomic E-state index is 0.0540. The molecule has 0 atom stereocenters. The van der Waals surface area contributed by atoms with Crippen LogP contribution in [0.2, 0.25) is 5.02 Å². The Morgan fingerprint density at radius 2 is 2.00 bits per heavy atom. The van der Waals surface area contributed by atoms with E-state index in [0.717, 1.165) is 5.56 Å². The van der Waals surface area contributed by atoms with Gasteiger partial charge in [-0.3, -0.25) is 14.7 Å². The third kappa shape index (κ3) is 2.07. The fourth-order valence-corrected chi connectivity index (χ4v) is 2.96. The molecule has 1 aromatic carbocycles. The summed E-state index contributed by atoms with van der Waals surface area (Å²) in [6.07, 6.45) is 3.27. The van der Waals surface area contributed by atoms with Crippen molar-refractivity contribution in [3.05, 3.63) is 52.8 Å². The van der Waals surface area contributed by atoms with Crippen LogP contribution in [0.15, 0.2) is 36.7 Å². The Labute approximate surface area is 128 Å². The second-order valence-electron chi connectivity index (χ2n) is 5.47. The van der Waals surface area contributed by atoms with Crippen molar-refractivity contribution in [2.45, 2.75) is 19.4 Å². The maximum Gasteiger partial charge on any atom is 0.259 e. The zero-order valence-corrected chi connectivity index (χ0v) is 12.8. The number of carbonyl (C=O) groups excluding carboxylic acids is 1. The van der Waals surface area contributed by atoms with Gasteiger partial charge in [-0.15, -0.1) is 0 Å². The highest BCUT2D eigenvalue weighted by Gasteiger charge is 2.44. The third-order valence-electron chi connectivity index (χ3n) is 3.83. The van der Waals surface area contributed by atoms with Gasteiger partial charge in [-0.05, 0) is 37.6 Å². The lowest BCUT2D eigenvalue weighted by molar-refractivity contribution is 0.0982. The van der Waals surface area contributed by atoms with Gasteiger partial charge < -0.3 is 4.74 Å². The topological polar surface area (TPSA) is 42.4 Å². The minimum atomic E-state index is -0.495. The van der Waals surface area contributed by atoms with Crippen molar-refractivity contribution in [1.29, 1.82) is 0 Å². The maximum atomic E-state index is 12.7. The normalized spacial score (nSPS) is 16.0. The molecule has 0 fully saturated rings. The van der Waals surface area contributed by atoms with Gasteiger partial charge in [0.2, 0.25) is 0 Å². The van der Waals surface area contributed by atoms with Crippen molar-refractivity contribution in [3.63, 3.8) is 0 Å². The van der Waals surface area contributed by atoms with Crippen molar-refractivity contribution in [3.8, 4) is 5.75 Å². The van der Waals surface area contributed by atoms with Gasteiger partial charge in [0.05, 0.1) is 30.7 Å². The van der Waals surface area contributed by atoms with Crippen molar-refractivity contribution >= 4 is 23.2 Å². The molecule has 1 aliphatic heterocycles. The van der Waals surface area contributed by atoms with Crippen molar-refractivity contribution in [2.75, 3.05) is 12.0 Å². The zero-order valence-electron chi connectivity index (χ0n) is 12.1. The molecule has 0 N–H and O–H groups in total. The largest absolute Gasteiger partial charge is 0.495 e. The molecule has 1 aliphatic rings. The van der Waals surface area contributed by atoms with Crippen molar-refractivity contribution in [2.24, 2.45) is 0 Å². The molecule has 108 valence electrons. The van der Waals surface area contributed by atoms with E-state index >= 15 is 0 Å². The summed E-state index contributed by atoms with van der Waals surface area (Å²) in [7, 11) is 1.58. The SMILES string of the molecule is COc1cncc(N2C(=O)c3ccc(Cl)cc3C2(C)C)c1. The molecule has 3 rings (SSSR count). The van der Waals surface area contributed by atoms with Crippen molar-refractivity contribution < 1.29 is 9.53 Å². The average molecular weight is 303 g/mol. The number of pyridine rings is 1. The number of amides is 1. The van der Waals surface area contributed by atoms with Crippen LogP contribution in [0.3, 0.4) is 0 Å². The summed E-state index contributed by atoms with van der Waals surface area (Å²) in [6.45, 7) is 3.99. The molecule has 5 heteroatoms. The predicted octanol–water partition coefficient (Wildman–Crippen LogP) is 3.64. The summed E-state index contributed by atoms with van der Waals surface area (Å²) in [6, 6.07) is 7.17. The molecule has 4 nitrogen and oxygen atoms in total. The Hall–Kier alpha value is -2.07. The summed E-state index contributed by atoms with van der Waals surface area (Å²) in [4.78, 5) is 18.6. The minimum Gasteiger partial charge on any atom is -0.495 e. The molecule has 1 amide bonds. The summed E-state index contributed by atoms with van der Waals surface area (Å²) in [5.41, 5.74) is 1.80. The van der Waals surface area contributed by atoms with Crippen LogP contribution in [-0.2, 0) is 5.54 Å². The molecular formula is C16H15ClN2O2. The van der Waals surface area contributed by atoms with Crippen LogP contribution in [0.4, 0.5) is 5.69 Å². The van der Waals surface area contributed by atoms with E-state index in [0.29, 0.717) is 22.0 Å². The van der Waals surface area contributed by atoms with Gasteiger partial charge >= 0.3 is 0 Å². The number of rotatable bonds is 2. The van der Waals surface area contributed by atoms with Crippen LogP contribution < -0.4 is 9.64 Å². The summed E-state index contributed by atoms with van der Waals surface area (Å²) in [5, 5.41) is 0.625. The van der Waals surface area contributed by atoms with E-state index in [4.69, 9.17) is 16.3 Å². The molecule has 1 aromatic heterocycles. The number of anilines is 1. The van der Waals surface area contributed by atoms with Gasteiger partial charge in [0, 0.05) is 16.7 Å². The van der Waals surface area contributed by atoms with Gasteiger partial charge in [-0.2, -0.15) is 0 Å². The first-order valence-corrected chi connectivity index (χ1v) is 6.96. The molecule has 0 aliphatic carbocycles. The van der Waals surface area contributed by atoms with Crippen LogP contribution >= 0.6 is 11.6 Å². The number of aromatic nitrogens is 1. The van der Waals surface area contributed by atoms with Crippen LogP contribution in [0.5, 0.6) is 5.75 Å². The molecule has 0 unspecified atom stereocenters. The average Bonchev–Trinajstić information content (AvgIpc) is 2.66. The molecule has 0 bridgehead atoms. The Morgan fingerprint density at radius 1 is 1.24 bits per heavy atom. The number of hydrogen-bond donors (Lipinski definition) is 0. The summed E-state index contributed by atoms with van der Waals surface area (Å²) < 4.78 is 5.19. The van der Waals surface area contributed by atoms with E-state index in [-0.39, 0.29) is 5.91 Å². The molecular weight excluding hydrogens is 288 g/mol. The number of methoxy groups -OCH3 is 1. The fourth-order valence-electron chi connectivity index (χ4n) is 2.79. The Morgan fingerprint density at radius 3 is 2.71 bits per heavy atom. The lowest BCUT2D eigenvalue weighted by atomic mass is 9.93. The third-order valence-corrected chi connectivity index (χ3v) is 4.06. The van der Waals surface area contributed by atoms with Crippen molar-refractivity contribution in [1.82, 2.24) is 4.98 Å². The highest BCUT2D eigenvalue weighted by molar-refractivity contribution is 6.31. The summed E-state index contributed by atoms with van der Waals surface area (Å²) >= 11 is 6.08. The highest BCUT2D eigenvalue weighted by atomic mass is 35.5. The Kier molecular flexibility index (Phi) is 3.14. The number of halogens is 1. The fraction of sp³-hybridized carbons (Fsp3) is 0.250. The number of ether oxygens (including phenoxy) is 1. The van der Waals surface area contributed by atoms with Crippen LogP contribution in [-0.4, -0.2) is 18.0 Å². The van der Waals surface area contributed by atoms with Gasteiger partial charge in [0.25, 0.3) is 5.91 Å². The van der Waals surface area contributed by atoms with E-state index in [1.165, 1.54) is 0 Å². The van der Waals surface area contributed by atoms with Gasteiger partial charge in [-0.1, -0.05) is 11.6 Å². The first kappa shape index (κ1) is 13.9. The van der Waals surface area contributed by atoms with E-state index < -0.39 is 5.54 Å². The highest BCUT2D eigenvalue weighted by Crippen LogP contribution is 2.43. The molecule has 0 radical (unpaired) electrons. The van der Waals surface area contributed by atoms with Crippen LogP contribution in [0.1, 0.15) is 29.8 Å². The molecule has 0 spiro atoms.